The van der Waals surface area contributed by atoms with Crippen LogP contribution < -0.4 is 11.2 Å². The maximum Gasteiger partial charge on any atom is 0.250 e. The molecule has 0 bridgehead atoms. The Hall–Kier alpha value is -1.49. The molecule has 5 heteroatoms. The van der Waals surface area contributed by atoms with Gasteiger partial charge in [0.1, 0.15) is 0 Å². The fourth-order valence-corrected chi connectivity index (χ4v) is 0.943. The van der Waals surface area contributed by atoms with Gasteiger partial charge in [0, 0.05) is 0 Å². The molecule has 0 heterocycles. The molecule has 0 radical (unpaired) electrons. The number of anilines is 1. The summed E-state index contributed by atoms with van der Waals surface area (Å²) in [5.74, 6) is -0.503. The van der Waals surface area contributed by atoms with E-state index in [-0.39, 0.29) is 0 Å². The summed E-state index contributed by atoms with van der Waals surface area (Å²) in [4.78, 5) is 10.8. The largest absolute Gasteiger partial charge is 0.366 e. The van der Waals surface area contributed by atoms with Gasteiger partial charge < -0.3 is 5.73 Å². The first kappa shape index (κ1) is 8.61. The molecule has 0 saturated heterocycles. The Morgan fingerprint density at radius 3 is 2.75 bits per heavy atom. The van der Waals surface area contributed by atoms with Crippen molar-refractivity contribution in [2.24, 2.45) is 10.2 Å². The van der Waals surface area contributed by atoms with Crippen LogP contribution in [0.2, 0.25) is 0 Å². The van der Waals surface area contributed by atoms with Crippen molar-refractivity contribution in [1.29, 1.82) is 0 Å². The van der Waals surface area contributed by atoms with Crippen molar-refractivity contribution < 1.29 is 4.79 Å². The minimum Gasteiger partial charge on any atom is -0.366 e. The average Bonchev–Trinajstić information content (AvgIpc) is 2.05. The molecule has 0 aliphatic heterocycles. The topological polar surface area (TPSA) is 67.5 Å². The molecule has 0 unspecified atom stereocenters. The van der Waals surface area contributed by atoms with Crippen molar-refractivity contribution in [3.05, 3.63) is 29.8 Å². The average molecular weight is 181 g/mol. The van der Waals surface area contributed by atoms with Gasteiger partial charge in [-0.1, -0.05) is 12.1 Å². The van der Waals surface area contributed by atoms with Gasteiger partial charge in [0.25, 0.3) is 5.91 Å². The Labute approximate surface area is 74.9 Å². The zero-order valence-electron chi connectivity index (χ0n) is 6.15. The lowest BCUT2D eigenvalue weighted by Gasteiger charge is -2.02. The van der Waals surface area contributed by atoms with Crippen LogP contribution in [0.1, 0.15) is 10.4 Å². The third-order valence-corrected chi connectivity index (χ3v) is 1.45. The van der Waals surface area contributed by atoms with Crippen molar-refractivity contribution >= 4 is 24.0 Å². The van der Waals surface area contributed by atoms with E-state index in [4.69, 9.17) is 5.73 Å². The lowest BCUT2D eigenvalue weighted by molar-refractivity contribution is 0.100. The number of rotatable bonds is 3. The van der Waals surface area contributed by atoms with E-state index in [0.29, 0.717) is 11.3 Å². The number of carbonyl (C=O) groups excluding carboxylic acids is 1. The Bertz CT molecular complexity index is 313. The third-order valence-electron chi connectivity index (χ3n) is 1.36. The summed E-state index contributed by atoms with van der Waals surface area (Å²) in [7, 11) is 0. The second kappa shape index (κ2) is 3.77. The molecule has 62 valence electrons. The fourth-order valence-electron chi connectivity index (χ4n) is 0.845. The van der Waals surface area contributed by atoms with Crippen LogP contribution in [0.15, 0.2) is 28.7 Å². The van der Waals surface area contributed by atoms with Crippen molar-refractivity contribution in [2.45, 2.75) is 0 Å². The lowest BCUT2D eigenvalue weighted by Crippen LogP contribution is -2.12. The highest BCUT2D eigenvalue weighted by Crippen LogP contribution is 2.13. The van der Waals surface area contributed by atoms with Crippen molar-refractivity contribution in [3.63, 3.8) is 0 Å². The van der Waals surface area contributed by atoms with Crippen LogP contribution in [0.3, 0.4) is 0 Å². The summed E-state index contributed by atoms with van der Waals surface area (Å²) in [6, 6.07) is 6.75. The zero-order valence-corrected chi connectivity index (χ0v) is 6.97. The van der Waals surface area contributed by atoms with Crippen LogP contribution in [0.4, 0.5) is 5.69 Å². The Kier molecular flexibility index (Phi) is 2.71. The molecule has 0 aliphatic carbocycles. The number of nitrogens with zero attached hydrogens (tertiary/aromatic N) is 1. The van der Waals surface area contributed by atoms with E-state index >= 15 is 0 Å². The highest BCUT2D eigenvalue weighted by atomic mass is 32.1. The van der Waals surface area contributed by atoms with Crippen LogP contribution in [-0.4, -0.2) is 5.91 Å². The summed E-state index contributed by atoms with van der Waals surface area (Å²) in [5, 5.41) is 0. The number of benzene rings is 1. The number of primary amides is 1. The first-order valence-electron chi connectivity index (χ1n) is 3.23. The van der Waals surface area contributed by atoms with E-state index in [1.165, 1.54) is 0 Å². The van der Waals surface area contributed by atoms with Gasteiger partial charge in [-0.25, -0.2) is 0 Å². The molecule has 0 atom stereocenters. The molecule has 12 heavy (non-hydrogen) atoms. The molecule has 0 saturated carbocycles. The quantitative estimate of drug-likeness (QED) is 0.679. The number of carbonyl (C=O) groups is 1. The molecular formula is C7H7N3OS. The minimum absolute atomic E-state index is 0.381. The van der Waals surface area contributed by atoms with Crippen molar-refractivity contribution in [1.82, 2.24) is 0 Å². The van der Waals surface area contributed by atoms with Crippen LogP contribution in [0.5, 0.6) is 0 Å². The first-order chi connectivity index (χ1) is 5.75. The summed E-state index contributed by atoms with van der Waals surface area (Å²) in [5.41, 5.74) is 8.50. The second-order valence-corrected chi connectivity index (χ2v) is 2.30. The smallest absolute Gasteiger partial charge is 0.250 e. The number of hydrogen-bond donors (Lipinski definition) is 2. The lowest BCUT2D eigenvalue weighted by atomic mass is 10.2. The molecule has 1 aromatic carbocycles. The maximum atomic E-state index is 10.8. The van der Waals surface area contributed by atoms with Crippen molar-refractivity contribution in [2.75, 3.05) is 5.43 Å². The standard InChI is InChI=1S/C7H7N3OS/c8-7(11)5-3-1-2-4-6(5)9-10-12/h1-4H,(H2,8,11)(H,9,12). The van der Waals surface area contributed by atoms with Crippen LogP contribution in [0, 0.1) is 0 Å². The summed E-state index contributed by atoms with van der Waals surface area (Å²) >= 11 is 4.34. The third kappa shape index (κ3) is 1.76. The van der Waals surface area contributed by atoms with Gasteiger partial charge in [0.2, 0.25) is 0 Å². The molecule has 1 aromatic rings. The zero-order chi connectivity index (χ0) is 8.97. The highest BCUT2D eigenvalue weighted by molar-refractivity contribution is 7.47. The van der Waals surface area contributed by atoms with Gasteiger partial charge in [-0.2, -0.15) is 0 Å². The fraction of sp³-hybridized carbons (Fsp3) is 0. The predicted molar refractivity (Wildman–Crippen MR) is 48.4 cm³/mol. The summed E-state index contributed by atoms with van der Waals surface area (Å²) < 4.78 is 3.27. The number of amides is 1. The minimum atomic E-state index is -0.503. The summed E-state index contributed by atoms with van der Waals surface area (Å²) in [6.07, 6.45) is 0. The molecule has 0 spiro atoms. The van der Waals surface area contributed by atoms with Crippen LogP contribution >= 0.6 is 0 Å². The number of hydrogen-bond acceptors (Lipinski definition) is 3. The second-order valence-electron chi connectivity index (χ2n) is 2.11. The molecule has 0 fully saturated rings. The van der Waals surface area contributed by atoms with E-state index in [9.17, 15) is 4.79 Å². The maximum absolute atomic E-state index is 10.8. The monoisotopic (exact) mass is 181 g/mol. The normalized spacial score (nSPS) is 9.00. The predicted octanol–water partition coefficient (Wildman–Crippen LogP) is 0.843. The van der Waals surface area contributed by atoms with Crippen molar-refractivity contribution in [3.8, 4) is 0 Å². The van der Waals surface area contributed by atoms with Gasteiger partial charge in [-0.05, 0) is 12.1 Å². The van der Waals surface area contributed by atoms with Crippen LogP contribution in [0.25, 0.3) is 0 Å². The van der Waals surface area contributed by atoms with E-state index in [1.807, 2.05) is 0 Å². The highest BCUT2D eigenvalue weighted by Gasteiger charge is 2.04. The van der Waals surface area contributed by atoms with Gasteiger partial charge >= 0.3 is 0 Å². The molecule has 0 aromatic heterocycles. The van der Waals surface area contributed by atoms with Gasteiger partial charge in [-0.3, -0.25) is 10.2 Å². The van der Waals surface area contributed by atoms with E-state index < -0.39 is 5.91 Å². The van der Waals surface area contributed by atoms with E-state index in [0.717, 1.165) is 0 Å². The van der Waals surface area contributed by atoms with Gasteiger partial charge in [0.05, 0.1) is 23.7 Å². The molecule has 0 aliphatic rings. The van der Waals surface area contributed by atoms with E-state index in [1.54, 1.807) is 24.3 Å². The van der Waals surface area contributed by atoms with Gasteiger partial charge in [0.15, 0.2) is 0 Å². The Balaban J connectivity index is 3.07. The SMILES string of the molecule is NC(=O)c1ccccc1NN=S. The molecule has 3 N–H and O–H groups in total. The Morgan fingerprint density at radius 1 is 1.50 bits per heavy atom. The summed E-state index contributed by atoms with van der Waals surface area (Å²) in [6.45, 7) is 0. The first-order valence-corrected chi connectivity index (χ1v) is 3.59. The number of nitrogens with two attached hydrogens (primary N) is 1. The number of para-hydroxylation sites is 1. The van der Waals surface area contributed by atoms with E-state index in [2.05, 4.69) is 22.3 Å². The molecular weight excluding hydrogens is 174 g/mol. The number of nitrogens with one attached hydrogen (secondary N) is 1. The molecule has 1 amide bonds. The molecule has 4 nitrogen and oxygen atoms in total. The van der Waals surface area contributed by atoms with Gasteiger partial charge in [-0.15, -0.1) is 4.47 Å². The molecule has 1 rings (SSSR count). The Morgan fingerprint density at radius 2 is 2.17 bits per heavy atom. The van der Waals surface area contributed by atoms with Crippen LogP contribution in [-0.2, 0) is 12.4 Å².